The molecule has 1 aliphatic heterocycles. The predicted octanol–water partition coefficient (Wildman–Crippen LogP) is 2.11. The third-order valence-corrected chi connectivity index (χ3v) is 6.01. The van der Waals surface area contributed by atoms with Gasteiger partial charge in [0.2, 0.25) is 5.95 Å². The van der Waals surface area contributed by atoms with Gasteiger partial charge in [-0.2, -0.15) is 5.26 Å². The summed E-state index contributed by atoms with van der Waals surface area (Å²) in [5.74, 6) is 0.547. The largest absolute Gasteiger partial charge is 0.383 e. The van der Waals surface area contributed by atoms with Crippen LogP contribution >= 0.6 is 11.3 Å². The van der Waals surface area contributed by atoms with Gasteiger partial charge >= 0.3 is 0 Å². The molecule has 32 heavy (non-hydrogen) atoms. The van der Waals surface area contributed by atoms with Gasteiger partial charge in [-0.3, -0.25) is 9.69 Å². The van der Waals surface area contributed by atoms with E-state index >= 15 is 0 Å². The Balaban J connectivity index is 1.65. The summed E-state index contributed by atoms with van der Waals surface area (Å²) in [6.07, 6.45) is 3.80. The zero-order valence-corrected chi connectivity index (χ0v) is 19.3. The zero-order valence-electron chi connectivity index (χ0n) is 18.5. The Hall–Kier alpha value is -2.65. The summed E-state index contributed by atoms with van der Waals surface area (Å²) in [5, 5.41) is 14.4. The van der Waals surface area contributed by atoms with E-state index in [1.807, 2.05) is 6.07 Å². The van der Waals surface area contributed by atoms with Crippen LogP contribution in [0.3, 0.4) is 0 Å². The minimum absolute atomic E-state index is 0.169. The van der Waals surface area contributed by atoms with Crippen LogP contribution in [0.25, 0.3) is 0 Å². The predicted molar refractivity (Wildman–Crippen MR) is 121 cm³/mol. The second-order valence-electron chi connectivity index (χ2n) is 7.48. The molecule has 1 saturated heterocycles. The van der Waals surface area contributed by atoms with Crippen LogP contribution in [0.4, 0.5) is 11.1 Å². The van der Waals surface area contributed by atoms with E-state index in [0.717, 1.165) is 31.6 Å². The number of piperidine rings is 1. The molecule has 1 atom stereocenters. The smallest absolute Gasteiger partial charge is 0.273 e. The van der Waals surface area contributed by atoms with Crippen LogP contribution in [0.2, 0.25) is 0 Å². The maximum atomic E-state index is 12.8. The molecule has 0 bridgehead atoms. The molecular formula is C21H29N7O3S. The van der Waals surface area contributed by atoms with Crippen LogP contribution in [0.15, 0.2) is 17.6 Å². The number of ether oxygens (including phenoxy) is 2. The molecule has 0 radical (unpaired) electrons. The van der Waals surface area contributed by atoms with Crippen molar-refractivity contribution in [1.29, 1.82) is 5.26 Å². The van der Waals surface area contributed by atoms with Crippen molar-refractivity contribution in [2.24, 2.45) is 0 Å². The van der Waals surface area contributed by atoms with Gasteiger partial charge in [-0.15, -0.1) is 11.3 Å². The number of likely N-dealkylation sites (tertiary alicyclic amines) is 1. The third kappa shape index (κ3) is 6.67. The minimum Gasteiger partial charge on any atom is -0.383 e. The van der Waals surface area contributed by atoms with Gasteiger partial charge < -0.3 is 19.7 Å². The Morgan fingerprint density at radius 3 is 2.84 bits per heavy atom. The first kappa shape index (κ1) is 24.0. The number of nitrogens with zero attached hydrogens (tertiary/aromatic N) is 6. The number of nitrogens with one attached hydrogen (secondary N) is 1. The number of anilines is 2. The van der Waals surface area contributed by atoms with Crippen molar-refractivity contribution in [2.45, 2.75) is 18.8 Å². The summed E-state index contributed by atoms with van der Waals surface area (Å²) in [4.78, 5) is 30.1. The second kappa shape index (κ2) is 12.4. The lowest BCUT2D eigenvalue weighted by molar-refractivity contribution is 0.0622. The summed E-state index contributed by atoms with van der Waals surface area (Å²) in [5.41, 5.74) is 1.31. The summed E-state index contributed by atoms with van der Waals surface area (Å²) >= 11 is 1.33. The van der Waals surface area contributed by atoms with E-state index in [4.69, 9.17) is 14.7 Å². The van der Waals surface area contributed by atoms with Crippen molar-refractivity contribution < 1.29 is 14.3 Å². The molecule has 3 rings (SSSR count). The number of hydrogen-bond acceptors (Lipinski definition) is 10. The van der Waals surface area contributed by atoms with Gasteiger partial charge in [-0.25, -0.2) is 15.0 Å². The average molecular weight is 460 g/mol. The molecule has 0 unspecified atom stereocenters. The zero-order chi connectivity index (χ0) is 22.8. The molecule has 0 spiro atoms. The highest BCUT2D eigenvalue weighted by atomic mass is 32.1. The number of rotatable bonds is 11. The van der Waals surface area contributed by atoms with E-state index in [2.05, 4.69) is 31.2 Å². The fourth-order valence-electron chi connectivity index (χ4n) is 3.61. The lowest BCUT2D eigenvalue weighted by atomic mass is 9.94. The van der Waals surface area contributed by atoms with E-state index in [1.54, 1.807) is 30.7 Å². The van der Waals surface area contributed by atoms with Crippen molar-refractivity contribution in [3.8, 4) is 6.07 Å². The molecule has 1 aliphatic rings. The first-order chi connectivity index (χ1) is 15.6. The lowest BCUT2D eigenvalue weighted by Gasteiger charge is -2.30. The van der Waals surface area contributed by atoms with Gasteiger partial charge in [0.25, 0.3) is 5.91 Å². The first-order valence-corrected chi connectivity index (χ1v) is 11.4. The number of aromatic nitrogens is 3. The summed E-state index contributed by atoms with van der Waals surface area (Å²) < 4.78 is 10.2. The first-order valence-electron chi connectivity index (χ1n) is 10.6. The molecule has 2 aromatic rings. The fourth-order valence-corrected chi connectivity index (χ4v) is 4.28. The topological polar surface area (TPSA) is 116 Å². The average Bonchev–Trinajstić information content (AvgIpc) is 3.28. The fraction of sp³-hybridized carbons (Fsp3) is 0.571. The van der Waals surface area contributed by atoms with Crippen LogP contribution in [-0.2, 0) is 9.47 Å². The Kier molecular flexibility index (Phi) is 9.30. The van der Waals surface area contributed by atoms with Crippen molar-refractivity contribution in [3.05, 3.63) is 29.0 Å². The number of carbonyl (C=O) groups is 1. The van der Waals surface area contributed by atoms with Crippen LogP contribution in [-0.4, -0.2) is 90.8 Å². The molecule has 10 nitrogen and oxygen atoms in total. The Morgan fingerprint density at radius 1 is 1.34 bits per heavy atom. The van der Waals surface area contributed by atoms with Crippen LogP contribution < -0.4 is 5.32 Å². The molecule has 1 N–H and O–H groups in total. The number of carbonyl (C=O) groups excluding carboxylic acids is 1. The molecule has 0 aromatic carbocycles. The highest BCUT2D eigenvalue weighted by Crippen LogP contribution is 2.26. The highest BCUT2D eigenvalue weighted by molar-refractivity contribution is 7.14. The quantitative estimate of drug-likeness (QED) is 0.504. The lowest BCUT2D eigenvalue weighted by Crippen LogP contribution is -2.36. The van der Waals surface area contributed by atoms with Crippen molar-refractivity contribution in [1.82, 2.24) is 24.8 Å². The van der Waals surface area contributed by atoms with Crippen LogP contribution in [0, 0.1) is 11.3 Å². The Labute approximate surface area is 192 Å². The van der Waals surface area contributed by atoms with Gasteiger partial charge in [-0.1, -0.05) is 0 Å². The van der Waals surface area contributed by atoms with E-state index in [-0.39, 0.29) is 11.8 Å². The SMILES string of the molecule is COCCN(CCOC)C(=O)c1csc(Nc2nccc([C@H]3CCCN(CC#N)C3)n2)n1. The summed E-state index contributed by atoms with van der Waals surface area (Å²) in [7, 11) is 3.21. The third-order valence-electron chi connectivity index (χ3n) is 5.26. The van der Waals surface area contributed by atoms with Gasteiger partial charge in [-0.05, 0) is 25.5 Å². The number of amides is 1. The van der Waals surface area contributed by atoms with E-state index < -0.39 is 0 Å². The summed E-state index contributed by atoms with van der Waals surface area (Å²) in [6, 6.07) is 4.15. The number of hydrogen-bond donors (Lipinski definition) is 1. The van der Waals surface area contributed by atoms with Crippen molar-refractivity contribution in [3.63, 3.8) is 0 Å². The number of nitriles is 1. The standard InChI is InChI=1S/C21H29N7O3S/c1-30-12-10-28(11-13-31-2)19(29)18-15-32-21(25-18)26-20-23-7-5-17(24-20)16-4-3-8-27(14-16)9-6-22/h5,7,15-16H,3-4,8-14H2,1-2H3,(H,23,24,25,26)/t16-/m0/s1. The molecule has 3 heterocycles. The van der Waals surface area contributed by atoms with Gasteiger partial charge in [0.1, 0.15) is 5.69 Å². The molecule has 1 fully saturated rings. The van der Waals surface area contributed by atoms with Crippen LogP contribution in [0.1, 0.15) is 34.9 Å². The van der Waals surface area contributed by atoms with Gasteiger partial charge in [0.05, 0.1) is 31.5 Å². The van der Waals surface area contributed by atoms with E-state index in [1.165, 1.54) is 11.3 Å². The van der Waals surface area contributed by atoms with E-state index in [0.29, 0.717) is 49.6 Å². The summed E-state index contributed by atoms with van der Waals surface area (Å²) in [6.45, 7) is 4.02. The Bertz CT molecular complexity index is 909. The second-order valence-corrected chi connectivity index (χ2v) is 8.34. The minimum atomic E-state index is -0.169. The highest BCUT2D eigenvalue weighted by Gasteiger charge is 2.23. The maximum absolute atomic E-state index is 12.8. The normalized spacial score (nSPS) is 16.5. The monoisotopic (exact) mass is 459 g/mol. The number of methoxy groups -OCH3 is 2. The van der Waals surface area contributed by atoms with Gasteiger partial charge in [0.15, 0.2) is 5.13 Å². The molecular weight excluding hydrogens is 430 g/mol. The van der Waals surface area contributed by atoms with Crippen LogP contribution in [0.5, 0.6) is 0 Å². The molecule has 0 aliphatic carbocycles. The molecule has 1 amide bonds. The molecule has 11 heteroatoms. The number of thiazole rings is 1. The molecule has 0 saturated carbocycles. The van der Waals surface area contributed by atoms with Crippen molar-refractivity contribution in [2.75, 3.05) is 65.5 Å². The Morgan fingerprint density at radius 2 is 2.12 bits per heavy atom. The molecule has 2 aromatic heterocycles. The van der Waals surface area contributed by atoms with Gasteiger partial charge in [0, 0.05) is 51.3 Å². The molecule has 172 valence electrons. The van der Waals surface area contributed by atoms with E-state index in [9.17, 15) is 4.79 Å². The maximum Gasteiger partial charge on any atom is 0.273 e. The van der Waals surface area contributed by atoms with Crippen molar-refractivity contribution >= 4 is 28.3 Å².